The van der Waals surface area contributed by atoms with E-state index in [1.807, 2.05) is 0 Å². The lowest BCUT2D eigenvalue weighted by Gasteiger charge is -2.45. The summed E-state index contributed by atoms with van der Waals surface area (Å²) in [5, 5.41) is 0. The van der Waals surface area contributed by atoms with Gasteiger partial charge in [-0.3, -0.25) is 0 Å². The molecule has 3 aliphatic heterocycles. The largest absolute Gasteiger partial charge is 0.303 e. The van der Waals surface area contributed by atoms with Gasteiger partial charge in [-0.05, 0) is 95.8 Å². The molecule has 3 saturated heterocycles. The number of likely N-dealkylation sites (tertiary alicyclic amines) is 3. The van der Waals surface area contributed by atoms with Crippen molar-refractivity contribution in [1.82, 2.24) is 14.7 Å². The zero-order valence-corrected chi connectivity index (χ0v) is 17.4. The molecule has 0 radical (unpaired) electrons. The number of hydrogen-bond acceptors (Lipinski definition) is 3. The van der Waals surface area contributed by atoms with Gasteiger partial charge in [-0.25, -0.2) is 0 Å². The Balaban J connectivity index is 1.27. The quantitative estimate of drug-likeness (QED) is 0.692. The fourth-order valence-corrected chi connectivity index (χ4v) is 5.30. The average molecular weight is 350 g/mol. The maximum atomic E-state index is 2.78. The Bertz CT molecular complexity index is 373. The van der Waals surface area contributed by atoms with Crippen molar-refractivity contribution in [3.63, 3.8) is 0 Å². The summed E-state index contributed by atoms with van der Waals surface area (Å²) in [6.07, 6.45) is 7.22. The molecule has 3 nitrogen and oxygen atoms in total. The van der Waals surface area contributed by atoms with Crippen LogP contribution in [0.1, 0.15) is 59.8 Å². The van der Waals surface area contributed by atoms with E-state index in [0.717, 1.165) is 29.7 Å². The summed E-state index contributed by atoms with van der Waals surface area (Å²) in [6.45, 7) is 20.3. The van der Waals surface area contributed by atoms with Gasteiger partial charge < -0.3 is 14.7 Å². The number of piperidine rings is 2. The molecule has 0 saturated carbocycles. The van der Waals surface area contributed by atoms with Crippen LogP contribution >= 0.6 is 0 Å². The number of rotatable bonds is 7. The lowest BCUT2D eigenvalue weighted by molar-refractivity contribution is 0.0306. The highest BCUT2D eigenvalue weighted by molar-refractivity contribution is 4.86. The fourth-order valence-electron chi connectivity index (χ4n) is 5.30. The molecule has 3 heterocycles. The molecule has 25 heavy (non-hydrogen) atoms. The minimum atomic E-state index is 0.742. The zero-order chi connectivity index (χ0) is 17.8. The molecule has 0 N–H and O–H groups in total. The highest BCUT2D eigenvalue weighted by atomic mass is 15.2. The van der Waals surface area contributed by atoms with Crippen molar-refractivity contribution in [3.05, 3.63) is 0 Å². The second-order valence-corrected chi connectivity index (χ2v) is 10.0. The van der Waals surface area contributed by atoms with Gasteiger partial charge >= 0.3 is 0 Å². The Kier molecular flexibility index (Phi) is 7.22. The first kappa shape index (κ1) is 19.6. The normalized spacial score (nSPS) is 26.6. The summed E-state index contributed by atoms with van der Waals surface area (Å²) in [5.74, 6) is 3.79. The third-order valence-corrected chi connectivity index (χ3v) is 6.97. The van der Waals surface area contributed by atoms with Crippen molar-refractivity contribution in [2.45, 2.75) is 65.8 Å². The maximum absolute atomic E-state index is 2.78. The van der Waals surface area contributed by atoms with Gasteiger partial charge in [0.2, 0.25) is 0 Å². The molecule has 3 fully saturated rings. The van der Waals surface area contributed by atoms with Gasteiger partial charge in [0.05, 0.1) is 0 Å². The Hall–Kier alpha value is -0.120. The first-order valence-corrected chi connectivity index (χ1v) is 11.2. The monoisotopic (exact) mass is 349 g/mol. The molecule has 0 aromatic heterocycles. The first-order valence-electron chi connectivity index (χ1n) is 11.2. The van der Waals surface area contributed by atoms with Crippen LogP contribution in [0.4, 0.5) is 0 Å². The smallest absolute Gasteiger partial charge is 0.00388 e. The first-order chi connectivity index (χ1) is 12.0. The minimum absolute atomic E-state index is 0.742. The Labute approximate surface area is 157 Å². The molecule has 0 bridgehead atoms. The fraction of sp³-hybridized carbons (Fsp3) is 1.00. The van der Waals surface area contributed by atoms with Crippen LogP contribution in [-0.4, -0.2) is 73.1 Å². The predicted octanol–water partition coefficient (Wildman–Crippen LogP) is 3.80. The van der Waals surface area contributed by atoms with E-state index < -0.39 is 0 Å². The van der Waals surface area contributed by atoms with Crippen molar-refractivity contribution in [1.29, 1.82) is 0 Å². The summed E-state index contributed by atoms with van der Waals surface area (Å²) in [4.78, 5) is 8.15. The minimum Gasteiger partial charge on any atom is -0.303 e. The van der Waals surface area contributed by atoms with Gasteiger partial charge in [0.15, 0.2) is 0 Å². The molecular formula is C22H43N3. The molecule has 146 valence electrons. The van der Waals surface area contributed by atoms with Crippen molar-refractivity contribution < 1.29 is 0 Å². The molecular weight excluding hydrogens is 306 g/mol. The summed E-state index contributed by atoms with van der Waals surface area (Å²) in [7, 11) is 0. The van der Waals surface area contributed by atoms with E-state index in [0.29, 0.717) is 0 Å². The van der Waals surface area contributed by atoms with Crippen LogP contribution in [0.3, 0.4) is 0 Å². The summed E-state index contributed by atoms with van der Waals surface area (Å²) >= 11 is 0. The van der Waals surface area contributed by atoms with Crippen molar-refractivity contribution in [3.8, 4) is 0 Å². The lowest BCUT2D eigenvalue weighted by Crippen LogP contribution is -2.54. The van der Waals surface area contributed by atoms with E-state index in [2.05, 4.69) is 42.4 Å². The topological polar surface area (TPSA) is 9.72 Å². The molecule has 3 heteroatoms. The van der Waals surface area contributed by atoms with Gasteiger partial charge in [0.1, 0.15) is 0 Å². The van der Waals surface area contributed by atoms with E-state index in [9.17, 15) is 0 Å². The van der Waals surface area contributed by atoms with Crippen molar-refractivity contribution in [2.24, 2.45) is 23.7 Å². The van der Waals surface area contributed by atoms with Crippen LogP contribution in [-0.2, 0) is 0 Å². The Morgan fingerprint density at radius 3 is 1.64 bits per heavy atom. The van der Waals surface area contributed by atoms with Gasteiger partial charge in [-0.2, -0.15) is 0 Å². The van der Waals surface area contributed by atoms with Crippen LogP contribution in [0, 0.1) is 23.7 Å². The Morgan fingerprint density at radius 2 is 1.16 bits per heavy atom. The molecule has 0 amide bonds. The standard InChI is InChI=1S/C22H43N3/c1-18(2)13-20-5-9-23(10-6-20)14-21-7-11-24(12-8-21)15-22-16-25(17-22)19(3)4/h18-22H,5-17H2,1-4H3. The van der Waals surface area contributed by atoms with Crippen LogP contribution in [0.15, 0.2) is 0 Å². The van der Waals surface area contributed by atoms with Gasteiger partial charge in [-0.1, -0.05) is 13.8 Å². The van der Waals surface area contributed by atoms with Crippen LogP contribution in [0.25, 0.3) is 0 Å². The second kappa shape index (κ2) is 9.19. The molecule has 0 aliphatic carbocycles. The molecule has 0 atom stereocenters. The third-order valence-electron chi connectivity index (χ3n) is 6.97. The van der Waals surface area contributed by atoms with E-state index in [4.69, 9.17) is 0 Å². The molecule has 0 aromatic carbocycles. The lowest BCUT2D eigenvalue weighted by atomic mass is 9.87. The second-order valence-electron chi connectivity index (χ2n) is 10.0. The zero-order valence-electron chi connectivity index (χ0n) is 17.4. The molecule has 0 spiro atoms. The average Bonchev–Trinajstić information content (AvgIpc) is 2.53. The summed E-state index contributed by atoms with van der Waals surface area (Å²) in [5.41, 5.74) is 0. The van der Waals surface area contributed by atoms with Crippen LogP contribution < -0.4 is 0 Å². The van der Waals surface area contributed by atoms with Crippen LogP contribution in [0.2, 0.25) is 0 Å². The highest BCUT2D eigenvalue weighted by Gasteiger charge is 2.31. The van der Waals surface area contributed by atoms with Gasteiger partial charge in [-0.15, -0.1) is 0 Å². The molecule has 0 unspecified atom stereocenters. The maximum Gasteiger partial charge on any atom is 0.00388 e. The molecule has 3 aliphatic rings. The summed E-state index contributed by atoms with van der Waals surface area (Å²) < 4.78 is 0. The van der Waals surface area contributed by atoms with E-state index in [1.54, 1.807) is 0 Å². The van der Waals surface area contributed by atoms with Crippen molar-refractivity contribution in [2.75, 3.05) is 52.4 Å². The SMILES string of the molecule is CC(C)CC1CCN(CC2CCN(CC3CN(C(C)C)C3)CC2)CC1. The molecule has 3 rings (SSSR count). The van der Waals surface area contributed by atoms with E-state index in [1.165, 1.54) is 84.5 Å². The third kappa shape index (κ3) is 5.94. The summed E-state index contributed by atoms with van der Waals surface area (Å²) in [6, 6.07) is 0.742. The number of hydrogen-bond donors (Lipinski definition) is 0. The predicted molar refractivity (Wildman–Crippen MR) is 108 cm³/mol. The van der Waals surface area contributed by atoms with E-state index >= 15 is 0 Å². The van der Waals surface area contributed by atoms with Crippen LogP contribution in [0.5, 0.6) is 0 Å². The van der Waals surface area contributed by atoms with Gasteiger partial charge in [0, 0.05) is 32.2 Å². The molecule has 0 aromatic rings. The highest BCUT2D eigenvalue weighted by Crippen LogP contribution is 2.27. The van der Waals surface area contributed by atoms with E-state index in [-0.39, 0.29) is 0 Å². The van der Waals surface area contributed by atoms with Crippen molar-refractivity contribution >= 4 is 0 Å². The van der Waals surface area contributed by atoms with Gasteiger partial charge in [0.25, 0.3) is 0 Å². The Morgan fingerprint density at radius 1 is 0.680 bits per heavy atom. The number of nitrogens with zero attached hydrogens (tertiary/aromatic N) is 3.